The minimum absolute atomic E-state index is 0.0689. The van der Waals surface area contributed by atoms with Crippen molar-refractivity contribution in [3.8, 4) is 0 Å². The number of hydrogen-bond acceptors (Lipinski definition) is 5. The van der Waals surface area contributed by atoms with Gasteiger partial charge in [-0.05, 0) is 24.3 Å². The second kappa shape index (κ2) is 7.07. The average Bonchev–Trinajstić information content (AvgIpc) is 2.30. The molecule has 4 N–H and O–H groups in total. The maximum Gasteiger partial charge on any atom is 0.250 e. The predicted octanol–water partition coefficient (Wildman–Crippen LogP) is -0.0281. The van der Waals surface area contributed by atoms with Gasteiger partial charge >= 0.3 is 0 Å². The van der Waals surface area contributed by atoms with Crippen LogP contribution in [-0.4, -0.2) is 40.3 Å². The first-order valence-electron chi connectivity index (χ1n) is 5.56. The van der Waals surface area contributed by atoms with Gasteiger partial charge in [0.1, 0.15) is 6.61 Å². The normalized spacial score (nSPS) is 11.1. The quantitative estimate of drug-likeness (QED) is 0.610. The fraction of sp³-hybridized carbons (Fsp3) is 0.364. The summed E-state index contributed by atoms with van der Waals surface area (Å²) in [4.78, 5) is 11.4. The highest BCUT2D eigenvalue weighted by atomic mass is 32.2. The SMILES string of the molecule is CS(=O)(=O)Nc1ccc(NC(=O)COCCN)cc1. The minimum Gasteiger partial charge on any atom is -0.370 e. The van der Waals surface area contributed by atoms with Crippen LogP contribution in [0.15, 0.2) is 24.3 Å². The van der Waals surface area contributed by atoms with Crippen LogP contribution in [0.4, 0.5) is 11.4 Å². The van der Waals surface area contributed by atoms with E-state index in [1.807, 2.05) is 0 Å². The molecule has 19 heavy (non-hydrogen) atoms. The van der Waals surface area contributed by atoms with Crippen LogP contribution in [0.1, 0.15) is 0 Å². The summed E-state index contributed by atoms with van der Waals surface area (Å²) in [6, 6.07) is 6.29. The maximum atomic E-state index is 11.4. The number of benzene rings is 1. The number of hydrogen-bond donors (Lipinski definition) is 3. The highest BCUT2D eigenvalue weighted by Gasteiger charge is 2.04. The van der Waals surface area contributed by atoms with Gasteiger partial charge in [0.25, 0.3) is 0 Å². The molecule has 0 bridgehead atoms. The fourth-order valence-corrected chi connectivity index (χ4v) is 1.85. The highest BCUT2D eigenvalue weighted by Crippen LogP contribution is 2.14. The number of nitrogens with two attached hydrogens (primary N) is 1. The van der Waals surface area contributed by atoms with E-state index in [2.05, 4.69) is 10.0 Å². The topological polar surface area (TPSA) is 111 Å². The van der Waals surface area contributed by atoms with Gasteiger partial charge in [0.05, 0.1) is 12.9 Å². The summed E-state index contributed by atoms with van der Waals surface area (Å²) >= 11 is 0. The van der Waals surface area contributed by atoms with Crippen molar-refractivity contribution in [3.05, 3.63) is 24.3 Å². The van der Waals surface area contributed by atoms with E-state index >= 15 is 0 Å². The number of amides is 1. The van der Waals surface area contributed by atoms with Crippen molar-refractivity contribution in [2.75, 3.05) is 36.1 Å². The molecular weight excluding hydrogens is 270 g/mol. The molecule has 1 aromatic rings. The molecule has 0 saturated carbocycles. The van der Waals surface area contributed by atoms with Crippen molar-refractivity contribution in [2.24, 2.45) is 5.73 Å². The van der Waals surface area contributed by atoms with E-state index in [0.29, 0.717) is 24.5 Å². The standard InChI is InChI=1S/C11H17N3O4S/c1-19(16,17)14-10-4-2-9(3-5-10)13-11(15)8-18-7-6-12/h2-5,14H,6-8,12H2,1H3,(H,13,15). The first-order valence-corrected chi connectivity index (χ1v) is 7.45. The lowest BCUT2D eigenvalue weighted by molar-refractivity contribution is -0.120. The van der Waals surface area contributed by atoms with E-state index in [1.165, 1.54) is 0 Å². The van der Waals surface area contributed by atoms with Crippen molar-refractivity contribution >= 4 is 27.3 Å². The molecule has 0 aliphatic carbocycles. The Balaban J connectivity index is 2.50. The Kier molecular flexibility index (Phi) is 5.74. The molecule has 0 atom stereocenters. The number of ether oxygens (including phenoxy) is 1. The molecule has 0 saturated heterocycles. The van der Waals surface area contributed by atoms with E-state index in [0.717, 1.165) is 6.26 Å². The molecule has 1 amide bonds. The van der Waals surface area contributed by atoms with E-state index in [4.69, 9.17) is 10.5 Å². The number of anilines is 2. The maximum absolute atomic E-state index is 11.4. The lowest BCUT2D eigenvalue weighted by atomic mass is 10.3. The van der Waals surface area contributed by atoms with Crippen LogP contribution in [0.3, 0.4) is 0 Å². The molecular formula is C11H17N3O4S. The molecule has 0 aliphatic rings. The van der Waals surface area contributed by atoms with Gasteiger partial charge in [-0.2, -0.15) is 0 Å². The molecule has 0 aliphatic heterocycles. The van der Waals surface area contributed by atoms with Crippen molar-refractivity contribution in [2.45, 2.75) is 0 Å². The lowest BCUT2D eigenvalue weighted by Crippen LogP contribution is -2.20. The van der Waals surface area contributed by atoms with Gasteiger partial charge in [-0.25, -0.2) is 8.42 Å². The van der Waals surface area contributed by atoms with Crippen LogP contribution >= 0.6 is 0 Å². The number of nitrogens with one attached hydrogen (secondary N) is 2. The molecule has 106 valence electrons. The van der Waals surface area contributed by atoms with Crippen LogP contribution in [0, 0.1) is 0 Å². The molecule has 0 radical (unpaired) electrons. The van der Waals surface area contributed by atoms with Gasteiger partial charge < -0.3 is 15.8 Å². The number of carbonyl (C=O) groups excluding carboxylic acids is 1. The van der Waals surface area contributed by atoms with Gasteiger partial charge in [0, 0.05) is 17.9 Å². The molecule has 0 fully saturated rings. The van der Waals surface area contributed by atoms with Crippen LogP contribution in [0.25, 0.3) is 0 Å². The van der Waals surface area contributed by atoms with Crippen LogP contribution < -0.4 is 15.8 Å². The largest absolute Gasteiger partial charge is 0.370 e. The third-order valence-corrected chi connectivity index (χ3v) is 2.57. The van der Waals surface area contributed by atoms with Crippen molar-refractivity contribution in [3.63, 3.8) is 0 Å². The number of sulfonamides is 1. The van der Waals surface area contributed by atoms with E-state index < -0.39 is 10.0 Å². The Morgan fingerprint density at radius 2 is 1.84 bits per heavy atom. The van der Waals surface area contributed by atoms with Gasteiger partial charge in [0.15, 0.2) is 0 Å². The Morgan fingerprint density at radius 1 is 1.26 bits per heavy atom. The van der Waals surface area contributed by atoms with E-state index in [1.54, 1.807) is 24.3 Å². The summed E-state index contributed by atoms with van der Waals surface area (Å²) in [7, 11) is -3.30. The molecule has 8 heteroatoms. The zero-order valence-electron chi connectivity index (χ0n) is 10.5. The predicted molar refractivity (Wildman–Crippen MR) is 73.4 cm³/mol. The Bertz CT molecular complexity index is 513. The second-order valence-corrected chi connectivity index (χ2v) is 5.59. The number of rotatable bonds is 7. The van der Waals surface area contributed by atoms with Gasteiger partial charge in [-0.3, -0.25) is 9.52 Å². The minimum atomic E-state index is -3.30. The van der Waals surface area contributed by atoms with E-state index in [9.17, 15) is 13.2 Å². The van der Waals surface area contributed by atoms with Crippen molar-refractivity contribution < 1.29 is 17.9 Å². The summed E-state index contributed by atoms with van der Waals surface area (Å²) in [6.07, 6.45) is 1.07. The summed E-state index contributed by atoms with van der Waals surface area (Å²) in [6.45, 7) is 0.615. The van der Waals surface area contributed by atoms with Crippen LogP contribution in [-0.2, 0) is 19.6 Å². The zero-order valence-corrected chi connectivity index (χ0v) is 11.4. The van der Waals surface area contributed by atoms with Crippen LogP contribution in [0.2, 0.25) is 0 Å². The monoisotopic (exact) mass is 287 g/mol. The van der Waals surface area contributed by atoms with Gasteiger partial charge in [0.2, 0.25) is 15.9 Å². The average molecular weight is 287 g/mol. The summed E-state index contributed by atoms with van der Waals surface area (Å²) in [5.74, 6) is -0.294. The summed E-state index contributed by atoms with van der Waals surface area (Å²) in [5.41, 5.74) is 6.21. The third kappa shape index (κ3) is 6.75. The Labute approximate surface area is 112 Å². The molecule has 7 nitrogen and oxygen atoms in total. The Morgan fingerprint density at radius 3 is 2.37 bits per heavy atom. The molecule has 0 spiro atoms. The van der Waals surface area contributed by atoms with Crippen molar-refractivity contribution in [1.29, 1.82) is 0 Å². The molecule has 1 aromatic carbocycles. The summed E-state index contributed by atoms with van der Waals surface area (Å²) in [5, 5.41) is 2.61. The number of carbonyl (C=O) groups is 1. The zero-order chi connectivity index (χ0) is 14.3. The van der Waals surface area contributed by atoms with Gasteiger partial charge in [-0.15, -0.1) is 0 Å². The summed E-state index contributed by atoms with van der Waals surface area (Å²) < 4.78 is 29.3. The highest BCUT2D eigenvalue weighted by molar-refractivity contribution is 7.92. The smallest absolute Gasteiger partial charge is 0.250 e. The molecule has 1 rings (SSSR count). The first-order chi connectivity index (χ1) is 8.90. The first kappa shape index (κ1) is 15.4. The molecule has 0 heterocycles. The lowest BCUT2D eigenvalue weighted by Gasteiger charge is -2.07. The van der Waals surface area contributed by atoms with E-state index in [-0.39, 0.29) is 12.5 Å². The molecule has 0 unspecified atom stereocenters. The van der Waals surface area contributed by atoms with Crippen molar-refractivity contribution in [1.82, 2.24) is 0 Å². The van der Waals surface area contributed by atoms with Crippen LogP contribution in [0.5, 0.6) is 0 Å². The molecule has 0 aromatic heterocycles. The second-order valence-electron chi connectivity index (χ2n) is 3.84. The fourth-order valence-electron chi connectivity index (χ4n) is 1.28. The van der Waals surface area contributed by atoms with Gasteiger partial charge in [-0.1, -0.05) is 0 Å². The third-order valence-electron chi connectivity index (χ3n) is 1.97. The Hall–Kier alpha value is -1.64.